The van der Waals surface area contributed by atoms with Gasteiger partial charge in [0.2, 0.25) is 0 Å². The number of piperidine rings is 1. The molecule has 1 saturated heterocycles. The first-order valence-electron chi connectivity index (χ1n) is 20.8. The summed E-state index contributed by atoms with van der Waals surface area (Å²) >= 11 is 0. The number of ether oxygens (including phenoxy) is 4. The van der Waals surface area contributed by atoms with E-state index in [1.54, 1.807) is 25.3 Å². The fourth-order valence-corrected chi connectivity index (χ4v) is 7.12. The number of rotatable bonds is 11. The van der Waals surface area contributed by atoms with E-state index in [2.05, 4.69) is 58.7 Å². The first-order valence-corrected chi connectivity index (χ1v) is 17.8. The van der Waals surface area contributed by atoms with Crippen molar-refractivity contribution in [3.05, 3.63) is 46.5 Å². The van der Waals surface area contributed by atoms with E-state index in [9.17, 15) is 9.59 Å². The first-order chi connectivity index (χ1) is 25.9. The molecule has 0 bridgehead atoms. The van der Waals surface area contributed by atoms with Gasteiger partial charge in [-0.15, -0.1) is 0 Å². The molecule has 0 amide bonds. The van der Waals surface area contributed by atoms with Gasteiger partial charge in [0.25, 0.3) is 0 Å². The summed E-state index contributed by atoms with van der Waals surface area (Å²) in [5.74, 6) is 3.39. The number of hydrogen-bond donors (Lipinski definition) is 0. The second-order valence-electron chi connectivity index (χ2n) is 15.6. The van der Waals surface area contributed by atoms with E-state index < -0.39 is 14.1 Å². The Hall–Kier alpha value is -2.70. The molecule has 286 valence electrons. The summed E-state index contributed by atoms with van der Waals surface area (Å²) in [6, 6.07) is 7.08. The molecular formula is C41H64IN3O6. The SMILES string of the molecule is CC(=O)C(CC(C)C)C[N+](C)(C)C.[2H]C([2H])([2H])Oc1cc2c(cc1OC)CCN1CC(CC(C)C)C(=O)CC21.[2H]C([2H])([2H])Oc1cc2c(cc1OC)CCN=C2.[I-]. The third-order valence-electron chi connectivity index (χ3n) is 9.44. The molecule has 0 radical (unpaired) electrons. The predicted octanol–water partition coefficient (Wildman–Crippen LogP) is 3.86. The van der Waals surface area contributed by atoms with Crippen LogP contribution in [-0.4, -0.2) is 103 Å². The molecular weight excluding hydrogens is 757 g/mol. The second kappa shape index (κ2) is 20.5. The van der Waals surface area contributed by atoms with Crippen molar-refractivity contribution in [3.8, 4) is 23.0 Å². The highest BCUT2D eigenvalue weighted by molar-refractivity contribution is 5.84. The zero-order valence-corrected chi connectivity index (χ0v) is 34.5. The highest BCUT2D eigenvalue weighted by atomic mass is 127. The van der Waals surface area contributed by atoms with Crippen LogP contribution in [0.25, 0.3) is 0 Å². The standard InChI is InChI=1S/C19H27NO3.C11H13NO2.C11H24NO.HI/c1-12(2)7-14-11-20-6-5-13-8-18(22-3)19(23-4)9-15(13)16(20)10-17(14)21;1-13-10-5-8-3-4-12-7-9(8)6-11(10)14-2;1-9(2)7-11(10(3)13)8-12(4,5)6;/h8-9,12,14,16H,5-7,10-11H2,1-4H3;5-7H,3-4H2,1-2H3;9,11H,7-8H2,1-6H3;1H/q;;+1;/p-1/i4D3;2D3;;. The van der Waals surface area contributed by atoms with Crippen LogP contribution in [0.2, 0.25) is 0 Å². The number of aliphatic imine (C=N–C) groups is 1. The number of benzene rings is 2. The number of fused-ring (bicyclic) bond motifs is 4. The van der Waals surface area contributed by atoms with Crippen molar-refractivity contribution in [1.82, 2.24) is 4.90 Å². The Morgan fingerprint density at radius 1 is 0.922 bits per heavy atom. The molecule has 2 aromatic carbocycles. The maximum Gasteiger partial charge on any atom is 0.161 e. The van der Waals surface area contributed by atoms with Gasteiger partial charge in [0.15, 0.2) is 23.0 Å². The molecule has 5 rings (SSSR count). The van der Waals surface area contributed by atoms with Crippen molar-refractivity contribution in [3.63, 3.8) is 0 Å². The van der Waals surface area contributed by atoms with Gasteiger partial charge in [-0.1, -0.05) is 27.7 Å². The molecule has 3 aliphatic rings. The first kappa shape index (κ1) is 35.3. The van der Waals surface area contributed by atoms with Gasteiger partial charge in [-0.05, 0) is 91.0 Å². The molecule has 3 heterocycles. The average Bonchev–Trinajstić information content (AvgIpc) is 3.06. The number of halogens is 1. The Kier molecular flexibility index (Phi) is 14.2. The van der Waals surface area contributed by atoms with E-state index in [4.69, 9.17) is 27.2 Å². The van der Waals surface area contributed by atoms with Crippen LogP contribution in [0.3, 0.4) is 0 Å². The fraction of sp³-hybridized carbons (Fsp3) is 0.634. The highest BCUT2D eigenvalue weighted by Gasteiger charge is 2.38. The van der Waals surface area contributed by atoms with Gasteiger partial charge in [0.1, 0.15) is 11.6 Å². The molecule has 1 fully saturated rings. The number of Topliss-reactive ketones (excluding diaryl/α,β-unsaturated/α-hetero) is 2. The lowest BCUT2D eigenvalue weighted by molar-refractivity contribution is -0.872. The van der Waals surface area contributed by atoms with E-state index in [0.29, 0.717) is 41.3 Å². The minimum Gasteiger partial charge on any atom is -1.00 e. The van der Waals surface area contributed by atoms with Crippen molar-refractivity contribution in [1.29, 1.82) is 0 Å². The zero-order valence-electron chi connectivity index (χ0n) is 38.3. The van der Waals surface area contributed by atoms with Crippen LogP contribution in [0, 0.1) is 23.7 Å². The van der Waals surface area contributed by atoms with E-state index in [1.807, 2.05) is 12.1 Å². The van der Waals surface area contributed by atoms with Gasteiger partial charge in [-0.25, -0.2) is 0 Å². The summed E-state index contributed by atoms with van der Waals surface area (Å²) in [5.41, 5.74) is 4.08. The Bertz CT molecular complexity index is 1680. The molecule has 9 nitrogen and oxygen atoms in total. The summed E-state index contributed by atoms with van der Waals surface area (Å²) in [6.45, 7) is 13.7. The van der Waals surface area contributed by atoms with Gasteiger partial charge >= 0.3 is 0 Å². The highest BCUT2D eigenvalue weighted by Crippen LogP contribution is 2.42. The molecule has 0 N–H and O–H groups in total. The van der Waals surface area contributed by atoms with Gasteiger partial charge in [0.05, 0.1) is 70.1 Å². The monoisotopic (exact) mass is 827 g/mol. The number of ketones is 2. The Balaban J connectivity index is 0.000000314. The Morgan fingerprint density at radius 2 is 1.53 bits per heavy atom. The Morgan fingerprint density at radius 3 is 2.08 bits per heavy atom. The summed E-state index contributed by atoms with van der Waals surface area (Å²) in [4.78, 5) is 30.5. The van der Waals surface area contributed by atoms with Crippen molar-refractivity contribution < 1.29 is 65.2 Å². The maximum absolute atomic E-state index is 12.7. The molecule has 0 saturated carbocycles. The molecule has 0 spiro atoms. The summed E-state index contributed by atoms with van der Waals surface area (Å²) in [5, 5.41) is 0. The number of methoxy groups -OCH3 is 4. The smallest absolute Gasteiger partial charge is 0.161 e. The van der Waals surface area contributed by atoms with Gasteiger partial charge in [0, 0.05) is 44.2 Å². The van der Waals surface area contributed by atoms with Crippen LogP contribution in [0.1, 0.15) is 90.4 Å². The minimum atomic E-state index is -2.54. The lowest BCUT2D eigenvalue weighted by atomic mass is 9.80. The number of hydrogen-bond acceptors (Lipinski definition) is 8. The molecule has 3 atom stereocenters. The number of carbonyl (C=O) groups excluding carboxylic acids is 2. The summed E-state index contributed by atoms with van der Waals surface area (Å²) in [6.07, 6.45) is 5.83. The van der Waals surface area contributed by atoms with Crippen molar-refractivity contribution in [2.75, 3.05) is 75.6 Å². The van der Waals surface area contributed by atoms with Crippen LogP contribution < -0.4 is 42.9 Å². The van der Waals surface area contributed by atoms with Gasteiger partial charge < -0.3 is 47.4 Å². The Labute approximate surface area is 333 Å². The lowest BCUT2D eigenvalue weighted by Gasteiger charge is -2.43. The second-order valence-corrected chi connectivity index (χ2v) is 15.6. The number of quaternary nitrogens is 1. The van der Waals surface area contributed by atoms with Gasteiger partial charge in [-0.2, -0.15) is 0 Å². The van der Waals surface area contributed by atoms with Crippen LogP contribution in [0.4, 0.5) is 0 Å². The van der Waals surface area contributed by atoms with E-state index >= 15 is 0 Å². The molecule has 0 aliphatic carbocycles. The third kappa shape index (κ3) is 13.0. The van der Waals surface area contributed by atoms with E-state index in [1.165, 1.54) is 14.2 Å². The number of carbonyl (C=O) groups is 2. The predicted molar refractivity (Wildman–Crippen MR) is 202 cm³/mol. The van der Waals surface area contributed by atoms with Crippen molar-refractivity contribution >= 4 is 17.8 Å². The third-order valence-corrected chi connectivity index (χ3v) is 9.44. The molecule has 3 unspecified atom stereocenters. The van der Waals surface area contributed by atoms with Crippen molar-refractivity contribution in [2.24, 2.45) is 28.7 Å². The summed E-state index contributed by atoms with van der Waals surface area (Å²) in [7, 11) is 4.38. The molecule has 0 aromatic heterocycles. The molecule has 10 heteroatoms. The fourth-order valence-electron chi connectivity index (χ4n) is 7.12. The van der Waals surface area contributed by atoms with E-state index in [0.717, 1.165) is 78.6 Å². The largest absolute Gasteiger partial charge is 1.00 e. The van der Waals surface area contributed by atoms with Crippen LogP contribution in [0.5, 0.6) is 23.0 Å². The normalized spacial score (nSPS) is 20.7. The van der Waals surface area contributed by atoms with Crippen LogP contribution >= 0.6 is 0 Å². The van der Waals surface area contributed by atoms with Gasteiger partial charge in [-0.3, -0.25) is 19.5 Å². The quantitative estimate of drug-likeness (QED) is 0.252. The van der Waals surface area contributed by atoms with E-state index in [-0.39, 0.29) is 53.4 Å². The van der Waals surface area contributed by atoms with Crippen LogP contribution in [0.15, 0.2) is 29.3 Å². The number of nitrogens with zero attached hydrogens (tertiary/aromatic N) is 3. The maximum atomic E-state index is 12.7. The van der Waals surface area contributed by atoms with Crippen molar-refractivity contribution in [2.45, 2.75) is 72.8 Å². The molecule has 3 aliphatic heterocycles. The molecule has 51 heavy (non-hydrogen) atoms. The lowest BCUT2D eigenvalue weighted by Crippen LogP contribution is -3.00. The zero-order chi connectivity index (χ0) is 42.2. The topological polar surface area (TPSA) is 86.7 Å². The average molecular weight is 828 g/mol. The van der Waals surface area contributed by atoms with Crippen LogP contribution in [-0.2, 0) is 22.4 Å². The summed E-state index contributed by atoms with van der Waals surface area (Å²) < 4.78 is 64.8. The minimum absolute atomic E-state index is 0. The molecule has 2 aromatic rings.